The molecule has 1 aliphatic rings. The van der Waals surface area contributed by atoms with E-state index in [1.54, 1.807) is 0 Å². The van der Waals surface area contributed by atoms with Crippen molar-refractivity contribution >= 4 is 39.1 Å². The number of amides is 1. The maximum atomic E-state index is 12.2. The molecule has 1 fully saturated rings. The second-order valence-electron chi connectivity index (χ2n) is 4.38. The molecule has 19 heavy (non-hydrogen) atoms. The van der Waals surface area contributed by atoms with Crippen molar-refractivity contribution in [2.45, 2.75) is 6.42 Å². The third-order valence-corrected chi connectivity index (χ3v) is 4.70. The van der Waals surface area contributed by atoms with E-state index < -0.39 is 5.97 Å². The molecule has 1 saturated heterocycles. The van der Waals surface area contributed by atoms with Crippen molar-refractivity contribution in [2.24, 2.45) is 0 Å². The Morgan fingerprint density at radius 3 is 2.47 bits per heavy atom. The van der Waals surface area contributed by atoms with Gasteiger partial charge in [0.05, 0.1) is 15.1 Å². The lowest BCUT2D eigenvalue weighted by atomic mass is 10.2. The van der Waals surface area contributed by atoms with E-state index in [1.807, 2.05) is 17.0 Å². The van der Waals surface area contributed by atoms with E-state index in [1.165, 1.54) is 11.3 Å². The Morgan fingerprint density at radius 1 is 1.26 bits per heavy atom. The van der Waals surface area contributed by atoms with E-state index >= 15 is 0 Å². The molecule has 0 bridgehead atoms. The lowest BCUT2D eigenvalue weighted by Crippen LogP contribution is -2.48. The van der Waals surface area contributed by atoms with Crippen molar-refractivity contribution in [1.82, 2.24) is 9.80 Å². The van der Waals surface area contributed by atoms with Crippen LogP contribution in [0, 0.1) is 0 Å². The van der Waals surface area contributed by atoms with Crippen LogP contribution in [0.15, 0.2) is 15.9 Å². The highest BCUT2D eigenvalue weighted by atomic mass is 79.9. The predicted octanol–water partition coefficient (Wildman–Crippen LogP) is 1.74. The first-order valence-electron chi connectivity index (χ1n) is 6.05. The molecule has 0 radical (unpaired) electrons. The molecule has 1 N–H and O–H groups in total. The Bertz CT molecular complexity index is 469. The summed E-state index contributed by atoms with van der Waals surface area (Å²) in [5.41, 5.74) is 0. The van der Waals surface area contributed by atoms with Crippen molar-refractivity contribution in [3.8, 4) is 0 Å². The lowest BCUT2D eigenvalue weighted by molar-refractivity contribution is -0.137. The molecule has 0 aromatic carbocycles. The number of carbonyl (C=O) groups excluding carboxylic acids is 1. The zero-order valence-corrected chi connectivity index (χ0v) is 12.7. The number of carbonyl (C=O) groups is 2. The summed E-state index contributed by atoms with van der Waals surface area (Å²) in [5, 5.41) is 8.64. The minimum Gasteiger partial charge on any atom is -0.481 e. The first-order chi connectivity index (χ1) is 9.06. The first-order valence-corrected chi connectivity index (χ1v) is 7.66. The van der Waals surface area contributed by atoms with Crippen LogP contribution in [0.3, 0.4) is 0 Å². The summed E-state index contributed by atoms with van der Waals surface area (Å²) in [6, 6.07) is 3.70. The van der Waals surface area contributed by atoms with E-state index in [4.69, 9.17) is 5.11 Å². The standard InChI is InChI=1S/C12H15BrN2O3S/c13-10-2-1-9(19-10)12(18)15-7-5-14(6-8-15)4-3-11(16)17/h1-2H,3-8H2,(H,16,17). The molecule has 5 nitrogen and oxygen atoms in total. The highest BCUT2D eigenvalue weighted by Gasteiger charge is 2.23. The number of hydrogen-bond donors (Lipinski definition) is 1. The van der Waals surface area contributed by atoms with E-state index in [0.29, 0.717) is 19.6 Å². The van der Waals surface area contributed by atoms with Gasteiger partial charge in [-0.3, -0.25) is 14.5 Å². The highest BCUT2D eigenvalue weighted by Crippen LogP contribution is 2.23. The molecule has 0 atom stereocenters. The zero-order chi connectivity index (χ0) is 13.8. The number of rotatable bonds is 4. The molecule has 7 heteroatoms. The number of nitrogens with zero attached hydrogens (tertiary/aromatic N) is 2. The summed E-state index contributed by atoms with van der Waals surface area (Å²) in [5.74, 6) is -0.712. The number of hydrogen-bond acceptors (Lipinski definition) is 4. The number of halogens is 1. The molecule has 0 saturated carbocycles. The quantitative estimate of drug-likeness (QED) is 0.901. The van der Waals surface area contributed by atoms with Gasteiger partial charge < -0.3 is 10.0 Å². The van der Waals surface area contributed by atoms with Crippen molar-refractivity contribution in [1.29, 1.82) is 0 Å². The predicted molar refractivity (Wildman–Crippen MR) is 76.6 cm³/mol. The molecule has 1 aliphatic heterocycles. The van der Waals surface area contributed by atoms with Crippen LogP contribution in [0.2, 0.25) is 0 Å². The minimum absolute atomic E-state index is 0.0635. The van der Waals surface area contributed by atoms with Crippen LogP contribution in [0.1, 0.15) is 16.1 Å². The van der Waals surface area contributed by atoms with Gasteiger partial charge in [0.2, 0.25) is 0 Å². The largest absolute Gasteiger partial charge is 0.481 e. The van der Waals surface area contributed by atoms with E-state index in [9.17, 15) is 9.59 Å². The number of aliphatic carboxylic acids is 1. The second-order valence-corrected chi connectivity index (χ2v) is 6.84. The molecular weight excluding hydrogens is 332 g/mol. The van der Waals surface area contributed by atoms with Crippen molar-refractivity contribution in [3.05, 3.63) is 20.8 Å². The number of piperazine rings is 1. The third kappa shape index (κ3) is 4.02. The fraction of sp³-hybridized carbons (Fsp3) is 0.500. The van der Waals surface area contributed by atoms with Gasteiger partial charge in [-0.05, 0) is 28.1 Å². The van der Waals surface area contributed by atoms with Gasteiger partial charge in [0.25, 0.3) is 5.91 Å². The van der Waals surface area contributed by atoms with Gasteiger partial charge >= 0.3 is 5.97 Å². The van der Waals surface area contributed by atoms with Crippen LogP contribution >= 0.6 is 27.3 Å². The Kier molecular flexibility index (Phi) is 4.95. The zero-order valence-electron chi connectivity index (χ0n) is 10.3. The van der Waals surface area contributed by atoms with Gasteiger partial charge in [0.15, 0.2) is 0 Å². The van der Waals surface area contributed by atoms with Crippen molar-refractivity contribution in [2.75, 3.05) is 32.7 Å². The third-order valence-electron chi connectivity index (χ3n) is 3.09. The Morgan fingerprint density at radius 2 is 1.95 bits per heavy atom. The molecule has 0 aliphatic carbocycles. The maximum absolute atomic E-state index is 12.2. The Balaban J connectivity index is 1.83. The molecule has 2 rings (SSSR count). The van der Waals surface area contributed by atoms with Crippen molar-refractivity contribution in [3.63, 3.8) is 0 Å². The summed E-state index contributed by atoms with van der Waals surface area (Å²) >= 11 is 4.79. The highest BCUT2D eigenvalue weighted by molar-refractivity contribution is 9.11. The SMILES string of the molecule is O=C(O)CCN1CCN(C(=O)c2ccc(Br)s2)CC1. The van der Waals surface area contributed by atoms with Crippen molar-refractivity contribution < 1.29 is 14.7 Å². The molecule has 1 aromatic rings. The van der Waals surface area contributed by atoms with Gasteiger partial charge in [0.1, 0.15) is 0 Å². The smallest absolute Gasteiger partial charge is 0.304 e. The molecule has 1 aromatic heterocycles. The number of thiophene rings is 1. The van der Waals surface area contributed by atoms with Crippen LogP contribution in [0.4, 0.5) is 0 Å². The van der Waals surface area contributed by atoms with Gasteiger partial charge in [0, 0.05) is 32.7 Å². The summed E-state index contributed by atoms with van der Waals surface area (Å²) in [4.78, 5) is 27.4. The average molecular weight is 347 g/mol. The maximum Gasteiger partial charge on any atom is 0.304 e. The summed E-state index contributed by atoms with van der Waals surface area (Å²) in [6.07, 6.45) is 0.159. The summed E-state index contributed by atoms with van der Waals surface area (Å²) in [6.45, 7) is 3.36. The average Bonchev–Trinajstić information content (AvgIpc) is 2.83. The molecular formula is C12H15BrN2O3S. The molecule has 104 valence electrons. The normalized spacial score (nSPS) is 16.6. The fourth-order valence-electron chi connectivity index (χ4n) is 2.01. The van der Waals surface area contributed by atoms with Crippen LogP contribution in [0.5, 0.6) is 0 Å². The van der Waals surface area contributed by atoms with E-state index in [-0.39, 0.29) is 12.3 Å². The topological polar surface area (TPSA) is 60.9 Å². The number of carboxylic acids is 1. The molecule has 0 spiro atoms. The fourth-order valence-corrected chi connectivity index (χ4v) is 3.37. The monoisotopic (exact) mass is 346 g/mol. The molecule has 2 heterocycles. The van der Waals surface area contributed by atoms with Gasteiger partial charge in [-0.25, -0.2) is 0 Å². The first kappa shape index (κ1) is 14.5. The lowest BCUT2D eigenvalue weighted by Gasteiger charge is -2.34. The summed E-state index contributed by atoms with van der Waals surface area (Å²) < 4.78 is 0.955. The van der Waals surface area contributed by atoms with Gasteiger partial charge in [-0.15, -0.1) is 11.3 Å². The molecule has 1 amide bonds. The van der Waals surface area contributed by atoms with Crippen LogP contribution in [-0.4, -0.2) is 59.5 Å². The molecule has 0 unspecified atom stereocenters. The second kappa shape index (κ2) is 6.49. The van der Waals surface area contributed by atoms with Crippen LogP contribution in [-0.2, 0) is 4.79 Å². The summed E-state index contributed by atoms with van der Waals surface area (Å²) in [7, 11) is 0. The Hall–Kier alpha value is -0.920. The Labute approximate surface area is 123 Å². The van der Waals surface area contributed by atoms with Gasteiger partial charge in [-0.1, -0.05) is 0 Å². The van der Waals surface area contributed by atoms with Crippen LogP contribution < -0.4 is 0 Å². The number of carboxylic acid groups (broad SMARTS) is 1. The van der Waals surface area contributed by atoms with Gasteiger partial charge in [-0.2, -0.15) is 0 Å². The van der Waals surface area contributed by atoms with E-state index in [0.717, 1.165) is 21.8 Å². The van der Waals surface area contributed by atoms with Crippen LogP contribution in [0.25, 0.3) is 0 Å². The minimum atomic E-state index is -0.776. The van der Waals surface area contributed by atoms with E-state index in [2.05, 4.69) is 20.8 Å².